The van der Waals surface area contributed by atoms with Gasteiger partial charge in [0.25, 0.3) is 0 Å². The van der Waals surface area contributed by atoms with Crippen LogP contribution in [0, 0.1) is 0 Å². The number of hydrogen-bond acceptors (Lipinski definition) is 2. The summed E-state index contributed by atoms with van der Waals surface area (Å²) in [5.74, 6) is 0.631. The first-order chi connectivity index (χ1) is 8.27. The van der Waals surface area contributed by atoms with Crippen molar-refractivity contribution in [2.24, 2.45) is 5.73 Å². The van der Waals surface area contributed by atoms with E-state index in [1.165, 1.54) is 37.8 Å². The molecule has 0 aliphatic heterocycles. The Morgan fingerprint density at radius 2 is 2.06 bits per heavy atom. The lowest BCUT2D eigenvalue weighted by Crippen LogP contribution is -2.35. The van der Waals surface area contributed by atoms with Gasteiger partial charge in [-0.3, -0.25) is 0 Å². The maximum atomic E-state index is 6.27. The topological polar surface area (TPSA) is 43.8 Å². The molecular weight excluding hydrogens is 210 g/mol. The molecule has 1 saturated carbocycles. The van der Waals surface area contributed by atoms with Gasteiger partial charge < -0.3 is 10.3 Å². The third-order valence-corrected chi connectivity index (χ3v) is 4.24. The van der Waals surface area contributed by atoms with Crippen LogP contribution in [-0.2, 0) is 0 Å². The monoisotopic (exact) mass is 235 g/mol. The third-order valence-electron chi connectivity index (χ3n) is 4.24. The van der Waals surface area contributed by atoms with Crippen molar-refractivity contribution < 1.29 is 0 Å². The Balaban J connectivity index is 2.22. The van der Waals surface area contributed by atoms with Crippen molar-refractivity contribution in [1.29, 1.82) is 0 Å². The first-order valence-corrected chi connectivity index (χ1v) is 7.05. The molecule has 1 aliphatic carbocycles. The molecule has 2 N–H and O–H groups in total. The van der Waals surface area contributed by atoms with Gasteiger partial charge in [-0.05, 0) is 25.7 Å². The molecular formula is C14H25N3. The minimum Gasteiger partial charge on any atom is -0.330 e. The normalized spacial score (nSPS) is 25.4. The lowest BCUT2D eigenvalue weighted by molar-refractivity contribution is 0.296. The van der Waals surface area contributed by atoms with E-state index in [0.29, 0.717) is 18.0 Å². The Kier molecular flexibility index (Phi) is 4.21. The first kappa shape index (κ1) is 12.6. The molecule has 3 heteroatoms. The Bertz CT molecular complexity index is 341. The molecule has 0 spiro atoms. The molecule has 3 nitrogen and oxygen atoms in total. The van der Waals surface area contributed by atoms with Gasteiger partial charge in [0.15, 0.2) is 0 Å². The summed E-state index contributed by atoms with van der Waals surface area (Å²) in [5.41, 5.74) is 7.66. The predicted molar refractivity (Wildman–Crippen MR) is 71.0 cm³/mol. The van der Waals surface area contributed by atoms with E-state index in [2.05, 4.69) is 23.4 Å². The molecule has 1 aromatic heterocycles. The van der Waals surface area contributed by atoms with Crippen LogP contribution >= 0.6 is 0 Å². The van der Waals surface area contributed by atoms with E-state index in [1.54, 1.807) is 0 Å². The van der Waals surface area contributed by atoms with Gasteiger partial charge >= 0.3 is 0 Å². The standard InChI is InChI=1S/C14H25N3/c1-3-11(4-2)14-9-16-10-17(14)13-8-6-5-7-12(13)15/h9-13H,3-8,15H2,1-2H3. The van der Waals surface area contributed by atoms with Crippen LogP contribution in [0.1, 0.15) is 70.0 Å². The van der Waals surface area contributed by atoms with Gasteiger partial charge in [-0.2, -0.15) is 0 Å². The fourth-order valence-corrected chi connectivity index (χ4v) is 3.10. The van der Waals surface area contributed by atoms with Crippen LogP contribution in [0.4, 0.5) is 0 Å². The second kappa shape index (κ2) is 5.67. The highest BCUT2D eigenvalue weighted by molar-refractivity contribution is 5.08. The molecule has 2 rings (SSSR count). The zero-order chi connectivity index (χ0) is 12.3. The van der Waals surface area contributed by atoms with Crippen LogP contribution in [0.25, 0.3) is 0 Å². The highest BCUT2D eigenvalue weighted by Crippen LogP contribution is 2.32. The minimum absolute atomic E-state index is 0.311. The lowest BCUT2D eigenvalue weighted by atomic mass is 9.89. The molecule has 17 heavy (non-hydrogen) atoms. The Labute approximate surface area is 104 Å². The van der Waals surface area contributed by atoms with Crippen molar-refractivity contribution in [3.63, 3.8) is 0 Å². The van der Waals surface area contributed by atoms with Crippen LogP contribution in [0.15, 0.2) is 12.5 Å². The fraction of sp³-hybridized carbons (Fsp3) is 0.786. The number of rotatable bonds is 4. The van der Waals surface area contributed by atoms with Gasteiger partial charge in [0.2, 0.25) is 0 Å². The molecule has 1 fully saturated rings. The van der Waals surface area contributed by atoms with E-state index < -0.39 is 0 Å². The zero-order valence-electron chi connectivity index (χ0n) is 11.1. The molecule has 2 unspecified atom stereocenters. The number of nitrogens with two attached hydrogens (primary N) is 1. The van der Waals surface area contributed by atoms with Crippen LogP contribution in [-0.4, -0.2) is 15.6 Å². The van der Waals surface area contributed by atoms with Crippen molar-refractivity contribution >= 4 is 0 Å². The molecule has 0 saturated heterocycles. The van der Waals surface area contributed by atoms with Crippen LogP contribution in [0.2, 0.25) is 0 Å². The average molecular weight is 235 g/mol. The van der Waals surface area contributed by atoms with E-state index in [1.807, 2.05) is 12.5 Å². The maximum absolute atomic E-state index is 6.27. The minimum atomic E-state index is 0.311. The summed E-state index contributed by atoms with van der Waals surface area (Å²) in [6, 6.07) is 0.785. The molecule has 96 valence electrons. The van der Waals surface area contributed by atoms with E-state index in [0.717, 1.165) is 6.42 Å². The quantitative estimate of drug-likeness (QED) is 0.870. The summed E-state index contributed by atoms with van der Waals surface area (Å²) >= 11 is 0. The average Bonchev–Trinajstić information content (AvgIpc) is 2.80. The Morgan fingerprint density at radius 1 is 1.35 bits per heavy atom. The largest absolute Gasteiger partial charge is 0.330 e. The fourth-order valence-electron chi connectivity index (χ4n) is 3.10. The van der Waals surface area contributed by atoms with E-state index >= 15 is 0 Å². The number of imidazole rings is 1. The first-order valence-electron chi connectivity index (χ1n) is 7.05. The second-order valence-electron chi connectivity index (χ2n) is 5.25. The van der Waals surface area contributed by atoms with Gasteiger partial charge in [-0.25, -0.2) is 4.98 Å². The summed E-state index contributed by atoms with van der Waals surface area (Å²) in [6.07, 6.45) is 11.4. The molecule has 0 radical (unpaired) electrons. The highest BCUT2D eigenvalue weighted by Gasteiger charge is 2.26. The summed E-state index contributed by atoms with van der Waals surface area (Å²) in [5, 5.41) is 0. The Morgan fingerprint density at radius 3 is 2.71 bits per heavy atom. The van der Waals surface area contributed by atoms with Crippen molar-refractivity contribution in [3.05, 3.63) is 18.2 Å². The SMILES string of the molecule is CCC(CC)c1cncn1C1CCCCC1N. The third kappa shape index (κ3) is 2.54. The summed E-state index contributed by atoms with van der Waals surface area (Å²) in [6.45, 7) is 4.51. The van der Waals surface area contributed by atoms with Gasteiger partial charge in [0.1, 0.15) is 0 Å². The smallest absolute Gasteiger partial charge is 0.0951 e. The summed E-state index contributed by atoms with van der Waals surface area (Å²) in [4.78, 5) is 4.36. The van der Waals surface area contributed by atoms with Gasteiger partial charge in [-0.1, -0.05) is 26.7 Å². The van der Waals surface area contributed by atoms with Gasteiger partial charge in [0, 0.05) is 29.9 Å². The number of aromatic nitrogens is 2. The van der Waals surface area contributed by atoms with Crippen LogP contribution in [0.3, 0.4) is 0 Å². The van der Waals surface area contributed by atoms with Gasteiger partial charge in [-0.15, -0.1) is 0 Å². The van der Waals surface area contributed by atoms with E-state index in [-0.39, 0.29) is 0 Å². The summed E-state index contributed by atoms with van der Waals surface area (Å²) < 4.78 is 2.36. The van der Waals surface area contributed by atoms with E-state index in [4.69, 9.17) is 5.73 Å². The lowest BCUT2D eigenvalue weighted by Gasteiger charge is -2.32. The van der Waals surface area contributed by atoms with Crippen molar-refractivity contribution in [3.8, 4) is 0 Å². The van der Waals surface area contributed by atoms with Crippen molar-refractivity contribution in [2.75, 3.05) is 0 Å². The van der Waals surface area contributed by atoms with Gasteiger partial charge in [0.05, 0.1) is 6.33 Å². The molecule has 1 heterocycles. The zero-order valence-corrected chi connectivity index (χ0v) is 11.1. The molecule has 1 aliphatic rings. The highest BCUT2D eigenvalue weighted by atomic mass is 15.1. The van der Waals surface area contributed by atoms with E-state index in [9.17, 15) is 0 Å². The predicted octanol–water partition coefficient (Wildman–Crippen LogP) is 3.23. The number of nitrogens with zero attached hydrogens (tertiary/aromatic N) is 2. The molecule has 0 aromatic carbocycles. The van der Waals surface area contributed by atoms with Crippen LogP contribution in [0.5, 0.6) is 0 Å². The molecule has 0 amide bonds. The number of hydrogen-bond donors (Lipinski definition) is 1. The summed E-state index contributed by atoms with van der Waals surface area (Å²) in [7, 11) is 0. The van der Waals surface area contributed by atoms with Crippen molar-refractivity contribution in [2.45, 2.75) is 70.4 Å². The molecule has 2 atom stereocenters. The van der Waals surface area contributed by atoms with Crippen molar-refractivity contribution in [1.82, 2.24) is 9.55 Å². The van der Waals surface area contributed by atoms with Crippen LogP contribution < -0.4 is 5.73 Å². The second-order valence-corrected chi connectivity index (χ2v) is 5.25. The molecule has 1 aromatic rings. The maximum Gasteiger partial charge on any atom is 0.0951 e. The Hall–Kier alpha value is -0.830. The molecule has 0 bridgehead atoms.